The maximum atomic E-state index is 9.01. The van der Waals surface area contributed by atoms with Gasteiger partial charge in [0.25, 0.3) is 0 Å². The van der Waals surface area contributed by atoms with Gasteiger partial charge in [-0.3, -0.25) is 0 Å². The highest BCUT2D eigenvalue weighted by Gasteiger charge is 2.29. The van der Waals surface area contributed by atoms with Crippen molar-refractivity contribution in [3.8, 4) is 6.07 Å². The predicted molar refractivity (Wildman–Crippen MR) is 115 cm³/mol. The van der Waals surface area contributed by atoms with E-state index in [-0.39, 0.29) is 6.04 Å². The van der Waals surface area contributed by atoms with Crippen LogP contribution in [-0.4, -0.2) is 21.5 Å². The molecule has 1 atom stereocenters. The van der Waals surface area contributed by atoms with E-state index in [1.54, 1.807) is 6.20 Å². The third kappa shape index (κ3) is 3.73. The number of nitriles is 1. The minimum absolute atomic E-state index is 0.277. The molecule has 0 amide bonds. The predicted octanol–water partition coefficient (Wildman–Crippen LogP) is 5.27. The molecule has 4 rings (SSSR count). The van der Waals surface area contributed by atoms with Crippen LogP contribution in [0.25, 0.3) is 0 Å². The Balaban J connectivity index is 1.66. The van der Waals surface area contributed by atoms with Gasteiger partial charge < -0.3 is 10.2 Å². The Labute approximate surface area is 176 Å². The summed E-state index contributed by atoms with van der Waals surface area (Å²) in [4.78, 5) is 16.6. The number of halogens is 1. The quantitative estimate of drug-likeness (QED) is 0.578. The fourth-order valence-corrected chi connectivity index (χ4v) is 4.27. The maximum absolute atomic E-state index is 9.01. The summed E-state index contributed by atoms with van der Waals surface area (Å²) in [6.07, 6.45) is 3.75. The maximum Gasteiger partial charge on any atom is 0.228 e. The second kappa shape index (κ2) is 7.86. The number of hydrogen-bond acceptors (Lipinski definition) is 7. The molecule has 1 aliphatic rings. The van der Waals surface area contributed by atoms with Crippen LogP contribution >= 0.6 is 27.3 Å². The highest BCUT2D eigenvalue weighted by molar-refractivity contribution is 9.10. The lowest BCUT2D eigenvalue weighted by Crippen LogP contribution is -2.25. The number of nitrogens with zero attached hydrogens (tertiary/aromatic N) is 5. The summed E-state index contributed by atoms with van der Waals surface area (Å²) >= 11 is 4.88. The largest absolute Gasteiger partial charge is 0.334 e. The smallest absolute Gasteiger partial charge is 0.228 e. The monoisotopic (exact) mass is 454 g/mol. The van der Waals surface area contributed by atoms with Gasteiger partial charge in [-0.25, -0.2) is 9.97 Å². The summed E-state index contributed by atoms with van der Waals surface area (Å²) in [5, 5.41) is 12.9. The molecule has 1 unspecified atom stereocenters. The van der Waals surface area contributed by atoms with Crippen molar-refractivity contribution in [3.63, 3.8) is 0 Å². The Morgan fingerprint density at radius 1 is 1.25 bits per heavy atom. The molecule has 1 aliphatic heterocycles. The van der Waals surface area contributed by atoms with Gasteiger partial charge in [0.05, 0.1) is 22.4 Å². The van der Waals surface area contributed by atoms with E-state index in [1.165, 1.54) is 22.5 Å². The molecule has 28 heavy (non-hydrogen) atoms. The van der Waals surface area contributed by atoms with Gasteiger partial charge in [0.15, 0.2) is 10.9 Å². The lowest BCUT2D eigenvalue weighted by atomic mass is 10.0. The minimum atomic E-state index is 0.277. The molecule has 1 aromatic carbocycles. The highest BCUT2D eigenvalue weighted by atomic mass is 79.9. The van der Waals surface area contributed by atoms with Gasteiger partial charge in [0.2, 0.25) is 5.95 Å². The van der Waals surface area contributed by atoms with Crippen molar-refractivity contribution in [3.05, 3.63) is 56.6 Å². The van der Waals surface area contributed by atoms with E-state index in [0.717, 1.165) is 29.6 Å². The molecule has 6 nitrogen and oxygen atoms in total. The average Bonchev–Trinajstić information content (AvgIpc) is 3.35. The van der Waals surface area contributed by atoms with E-state index in [1.807, 2.05) is 6.92 Å². The van der Waals surface area contributed by atoms with Crippen LogP contribution in [0.5, 0.6) is 0 Å². The second-order valence-corrected chi connectivity index (χ2v) is 8.62. The minimum Gasteiger partial charge on any atom is -0.334 e. The van der Waals surface area contributed by atoms with Gasteiger partial charge in [-0.1, -0.05) is 41.2 Å². The van der Waals surface area contributed by atoms with Crippen molar-refractivity contribution in [2.45, 2.75) is 32.7 Å². The van der Waals surface area contributed by atoms with Crippen LogP contribution in [0, 0.1) is 25.2 Å². The first kappa shape index (κ1) is 18.8. The number of rotatable bonds is 4. The van der Waals surface area contributed by atoms with Crippen molar-refractivity contribution in [2.24, 2.45) is 0 Å². The van der Waals surface area contributed by atoms with Crippen LogP contribution in [0.2, 0.25) is 0 Å². The fourth-order valence-electron chi connectivity index (χ4n) is 3.38. The number of hydrogen-bond donors (Lipinski definition) is 1. The summed E-state index contributed by atoms with van der Waals surface area (Å²) in [7, 11) is 0. The molecular formula is C20H19BrN6S. The number of aryl methyl sites for hydroxylation is 2. The molecule has 0 aliphatic carbocycles. The lowest BCUT2D eigenvalue weighted by molar-refractivity contribution is 0.700. The van der Waals surface area contributed by atoms with E-state index in [2.05, 4.69) is 68.4 Å². The van der Waals surface area contributed by atoms with Crippen LogP contribution in [0.15, 0.2) is 34.9 Å². The summed E-state index contributed by atoms with van der Waals surface area (Å²) < 4.78 is 0.802. The molecule has 142 valence electrons. The molecule has 1 N–H and O–H groups in total. The molecule has 3 heterocycles. The van der Waals surface area contributed by atoms with Crippen molar-refractivity contribution in [2.75, 3.05) is 16.8 Å². The van der Waals surface area contributed by atoms with Crippen LogP contribution < -0.4 is 10.2 Å². The van der Waals surface area contributed by atoms with Crippen molar-refractivity contribution >= 4 is 44.2 Å². The van der Waals surface area contributed by atoms with E-state index >= 15 is 0 Å². The Kier molecular flexibility index (Phi) is 5.29. The summed E-state index contributed by atoms with van der Waals surface area (Å²) in [5.74, 6) is 1.37. The van der Waals surface area contributed by atoms with Crippen LogP contribution in [0.1, 0.15) is 40.6 Å². The molecule has 3 aromatic rings. The zero-order valence-corrected chi connectivity index (χ0v) is 18.0. The number of nitrogens with one attached hydrogen (secondary N) is 1. The molecule has 1 saturated heterocycles. The molecule has 0 saturated carbocycles. The first-order valence-electron chi connectivity index (χ1n) is 9.05. The third-order valence-corrected chi connectivity index (χ3v) is 6.58. The number of benzene rings is 1. The molecule has 0 radical (unpaired) electrons. The van der Waals surface area contributed by atoms with Gasteiger partial charge in [-0.2, -0.15) is 10.2 Å². The van der Waals surface area contributed by atoms with Gasteiger partial charge in [-0.15, -0.1) is 0 Å². The average molecular weight is 455 g/mol. The van der Waals surface area contributed by atoms with E-state index in [4.69, 9.17) is 15.2 Å². The molecular weight excluding hydrogens is 436 g/mol. The molecule has 2 aromatic heterocycles. The van der Waals surface area contributed by atoms with E-state index in [0.29, 0.717) is 21.8 Å². The Bertz CT molecular complexity index is 1040. The summed E-state index contributed by atoms with van der Waals surface area (Å²) in [6.45, 7) is 4.99. The standard InChI is InChI=1S/C20H19BrN6S/c1-12-5-7-14(8-6-12)16-4-3-9-27(16)19-24-13(2)17(21)18(25-19)26-20-23-11-15(10-22)28-20/h5-8,11,16H,3-4,9H2,1-2H3,(H,23,24,25,26). The van der Waals surface area contributed by atoms with Crippen molar-refractivity contribution in [1.29, 1.82) is 5.26 Å². The molecule has 8 heteroatoms. The Hall–Kier alpha value is -2.50. The van der Waals surface area contributed by atoms with Gasteiger partial charge >= 0.3 is 0 Å². The molecule has 0 bridgehead atoms. The summed E-state index contributed by atoms with van der Waals surface area (Å²) in [6, 6.07) is 11.1. The van der Waals surface area contributed by atoms with Gasteiger partial charge in [0.1, 0.15) is 10.9 Å². The first-order chi connectivity index (χ1) is 13.5. The zero-order chi connectivity index (χ0) is 19.7. The Morgan fingerprint density at radius 2 is 2.04 bits per heavy atom. The summed E-state index contributed by atoms with van der Waals surface area (Å²) in [5.41, 5.74) is 3.41. The zero-order valence-electron chi connectivity index (χ0n) is 15.6. The fraction of sp³-hybridized carbons (Fsp3) is 0.300. The van der Waals surface area contributed by atoms with Gasteiger partial charge in [-0.05, 0) is 48.2 Å². The van der Waals surface area contributed by atoms with E-state index < -0.39 is 0 Å². The molecule has 0 spiro atoms. The van der Waals surface area contributed by atoms with Crippen LogP contribution in [-0.2, 0) is 0 Å². The topological polar surface area (TPSA) is 77.7 Å². The number of thiazole rings is 1. The van der Waals surface area contributed by atoms with Gasteiger partial charge in [0, 0.05) is 6.54 Å². The van der Waals surface area contributed by atoms with E-state index in [9.17, 15) is 0 Å². The molecule has 1 fully saturated rings. The Morgan fingerprint density at radius 3 is 2.75 bits per heavy atom. The highest BCUT2D eigenvalue weighted by Crippen LogP contribution is 2.37. The first-order valence-corrected chi connectivity index (χ1v) is 10.7. The third-order valence-electron chi connectivity index (χ3n) is 4.82. The van der Waals surface area contributed by atoms with Crippen molar-refractivity contribution < 1.29 is 0 Å². The van der Waals surface area contributed by atoms with Crippen molar-refractivity contribution in [1.82, 2.24) is 15.0 Å². The SMILES string of the molecule is Cc1ccc(C2CCCN2c2nc(C)c(Br)c(Nc3ncc(C#N)s3)n2)cc1. The second-order valence-electron chi connectivity index (χ2n) is 6.80. The normalized spacial score (nSPS) is 16.2. The number of anilines is 3. The lowest BCUT2D eigenvalue weighted by Gasteiger charge is -2.26. The van der Waals surface area contributed by atoms with Crippen LogP contribution in [0.4, 0.5) is 16.9 Å². The van der Waals surface area contributed by atoms with Crippen LogP contribution in [0.3, 0.4) is 0 Å². The number of aromatic nitrogens is 3.